The largest absolute Gasteiger partial charge is 0.338 e. The fourth-order valence-corrected chi connectivity index (χ4v) is 4.34. The van der Waals surface area contributed by atoms with Crippen LogP contribution >= 0.6 is 0 Å². The highest BCUT2D eigenvalue weighted by atomic mass is 14.9. The highest BCUT2D eigenvalue weighted by molar-refractivity contribution is 5.71. The van der Waals surface area contributed by atoms with Crippen LogP contribution in [-0.4, -0.2) is 19.9 Å². The van der Waals surface area contributed by atoms with Crippen LogP contribution < -0.4 is 0 Å². The fourth-order valence-electron chi connectivity index (χ4n) is 4.34. The molecule has 0 bridgehead atoms. The summed E-state index contributed by atoms with van der Waals surface area (Å²) in [6.45, 7) is 13.4. The van der Waals surface area contributed by atoms with Gasteiger partial charge in [0.15, 0.2) is 0 Å². The van der Waals surface area contributed by atoms with E-state index in [2.05, 4.69) is 128 Å². The molecule has 36 heavy (non-hydrogen) atoms. The molecule has 0 saturated heterocycles. The Kier molecular flexibility index (Phi) is 5.91. The minimum atomic E-state index is 0.139. The second-order valence-electron chi connectivity index (χ2n) is 11.5. The quantitative estimate of drug-likeness (QED) is 0.275. The van der Waals surface area contributed by atoms with Crippen molar-refractivity contribution in [3.05, 3.63) is 96.3 Å². The molecule has 0 fully saturated rings. The SMILES string of the molecule is CC(C)(C)c1ccc(-c2cnc(-c3cccc(-c4ncc(-c5ccc(C(C)(C)C)cc5)[nH]4)c3)[nH]2)cc1. The summed E-state index contributed by atoms with van der Waals surface area (Å²) in [6, 6.07) is 25.7. The first-order valence-corrected chi connectivity index (χ1v) is 12.5. The summed E-state index contributed by atoms with van der Waals surface area (Å²) in [5.74, 6) is 1.69. The molecule has 0 saturated carbocycles. The molecule has 0 aliphatic carbocycles. The van der Waals surface area contributed by atoms with E-state index in [1.165, 1.54) is 11.1 Å². The van der Waals surface area contributed by atoms with Gasteiger partial charge in [-0.25, -0.2) is 9.97 Å². The van der Waals surface area contributed by atoms with E-state index in [1.807, 2.05) is 18.5 Å². The molecule has 0 radical (unpaired) electrons. The predicted molar refractivity (Wildman–Crippen MR) is 150 cm³/mol. The van der Waals surface area contributed by atoms with Crippen molar-refractivity contribution in [2.45, 2.75) is 52.4 Å². The van der Waals surface area contributed by atoms with Crippen molar-refractivity contribution in [2.75, 3.05) is 0 Å². The Morgan fingerprint density at radius 1 is 0.500 bits per heavy atom. The molecule has 4 nitrogen and oxygen atoms in total. The summed E-state index contributed by atoms with van der Waals surface area (Å²) in [4.78, 5) is 16.3. The summed E-state index contributed by atoms with van der Waals surface area (Å²) in [5.41, 5.74) is 9.25. The number of aromatic nitrogens is 4. The molecule has 2 aromatic heterocycles. The number of H-pyrrole nitrogens is 2. The molecule has 182 valence electrons. The van der Waals surface area contributed by atoms with Crippen molar-refractivity contribution in [2.24, 2.45) is 0 Å². The summed E-state index contributed by atoms with van der Waals surface area (Å²) in [6.07, 6.45) is 3.81. The Bertz CT molecular complexity index is 1360. The monoisotopic (exact) mass is 474 g/mol. The molecule has 5 aromatic rings. The van der Waals surface area contributed by atoms with Crippen molar-refractivity contribution < 1.29 is 0 Å². The lowest BCUT2D eigenvalue weighted by Crippen LogP contribution is -2.10. The topological polar surface area (TPSA) is 57.4 Å². The maximum Gasteiger partial charge on any atom is 0.137 e. The van der Waals surface area contributed by atoms with Gasteiger partial charge in [-0.05, 0) is 39.2 Å². The Morgan fingerprint density at radius 3 is 1.25 bits per heavy atom. The molecular weight excluding hydrogens is 440 g/mol. The lowest BCUT2D eigenvalue weighted by Gasteiger charge is -2.18. The van der Waals surface area contributed by atoms with Crippen LogP contribution in [-0.2, 0) is 10.8 Å². The van der Waals surface area contributed by atoms with Gasteiger partial charge in [0, 0.05) is 11.1 Å². The van der Waals surface area contributed by atoms with E-state index >= 15 is 0 Å². The third-order valence-electron chi connectivity index (χ3n) is 6.68. The van der Waals surface area contributed by atoms with Gasteiger partial charge in [0.05, 0.1) is 23.8 Å². The Balaban J connectivity index is 1.38. The molecule has 0 spiro atoms. The molecule has 4 heteroatoms. The van der Waals surface area contributed by atoms with E-state index in [0.717, 1.165) is 45.3 Å². The van der Waals surface area contributed by atoms with E-state index in [1.54, 1.807) is 0 Å². The molecule has 0 unspecified atom stereocenters. The molecule has 0 amide bonds. The highest BCUT2D eigenvalue weighted by Crippen LogP contribution is 2.30. The second kappa shape index (κ2) is 8.94. The van der Waals surface area contributed by atoms with Gasteiger partial charge in [0.2, 0.25) is 0 Å². The number of rotatable bonds is 4. The van der Waals surface area contributed by atoms with E-state index in [-0.39, 0.29) is 10.8 Å². The van der Waals surface area contributed by atoms with E-state index in [9.17, 15) is 0 Å². The number of nitrogens with zero attached hydrogens (tertiary/aromatic N) is 2. The lowest BCUT2D eigenvalue weighted by atomic mass is 9.86. The summed E-state index contributed by atoms with van der Waals surface area (Å²) >= 11 is 0. The van der Waals surface area contributed by atoms with Crippen molar-refractivity contribution in [3.63, 3.8) is 0 Å². The van der Waals surface area contributed by atoms with Crippen LogP contribution in [0.1, 0.15) is 52.7 Å². The highest BCUT2D eigenvalue weighted by Gasteiger charge is 2.15. The smallest absolute Gasteiger partial charge is 0.137 e. The standard InChI is InChI=1S/C32H34N4/c1-31(2,3)25-14-10-21(11-15-25)27-19-33-29(35-27)23-8-7-9-24(18-23)30-34-20-28(36-30)22-12-16-26(17-13-22)32(4,5)6/h7-20H,1-6H3,(H,33,35)(H,34,36). The summed E-state index contributed by atoms with van der Waals surface area (Å²) in [5, 5.41) is 0. The van der Waals surface area contributed by atoms with Crippen LogP contribution in [0.4, 0.5) is 0 Å². The van der Waals surface area contributed by atoms with Gasteiger partial charge >= 0.3 is 0 Å². The molecule has 0 aliphatic rings. The van der Waals surface area contributed by atoms with Crippen LogP contribution in [0.25, 0.3) is 45.3 Å². The number of hydrogen-bond acceptors (Lipinski definition) is 2. The zero-order chi connectivity index (χ0) is 25.5. The normalized spacial score (nSPS) is 12.2. The van der Waals surface area contributed by atoms with E-state index in [4.69, 9.17) is 0 Å². The van der Waals surface area contributed by atoms with Gasteiger partial charge in [-0.3, -0.25) is 0 Å². The predicted octanol–water partition coefficient (Wildman–Crippen LogP) is 8.40. The number of benzene rings is 3. The van der Waals surface area contributed by atoms with Gasteiger partial charge in [-0.1, -0.05) is 108 Å². The van der Waals surface area contributed by atoms with Crippen LogP contribution in [0.15, 0.2) is 85.2 Å². The molecule has 2 N–H and O–H groups in total. The van der Waals surface area contributed by atoms with Crippen molar-refractivity contribution in [3.8, 4) is 45.3 Å². The first-order valence-electron chi connectivity index (χ1n) is 12.5. The van der Waals surface area contributed by atoms with Gasteiger partial charge in [0.1, 0.15) is 11.6 Å². The molecule has 3 aromatic carbocycles. The zero-order valence-electron chi connectivity index (χ0n) is 22.0. The van der Waals surface area contributed by atoms with Gasteiger partial charge < -0.3 is 9.97 Å². The first-order chi connectivity index (χ1) is 17.1. The average molecular weight is 475 g/mol. The first kappa shape index (κ1) is 23.8. The number of hydrogen-bond donors (Lipinski definition) is 2. The minimum absolute atomic E-state index is 0.139. The van der Waals surface area contributed by atoms with Crippen LogP contribution in [0.3, 0.4) is 0 Å². The van der Waals surface area contributed by atoms with Crippen LogP contribution in [0, 0.1) is 0 Å². The maximum atomic E-state index is 4.66. The second-order valence-corrected chi connectivity index (χ2v) is 11.5. The van der Waals surface area contributed by atoms with Gasteiger partial charge in [-0.15, -0.1) is 0 Å². The number of aromatic amines is 2. The third-order valence-corrected chi connectivity index (χ3v) is 6.68. The van der Waals surface area contributed by atoms with Gasteiger partial charge in [0.25, 0.3) is 0 Å². The van der Waals surface area contributed by atoms with E-state index < -0.39 is 0 Å². The molecule has 2 heterocycles. The molecule has 5 rings (SSSR count). The number of imidazole rings is 2. The Labute approximate surface area is 213 Å². The van der Waals surface area contributed by atoms with Crippen LogP contribution in [0.5, 0.6) is 0 Å². The van der Waals surface area contributed by atoms with Crippen LogP contribution in [0.2, 0.25) is 0 Å². The zero-order valence-corrected chi connectivity index (χ0v) is 22.0. The average Bonchev–Trinajstić information content (AvgIpc) is 3.54. The lowest BCUT2D eigenvalue weighted by molar-refractivity contribution is 0.590. The Hall–Kier alpha value is -3.92. The van der Waals surface area contributed by atoms with Crippen molar-refractivity contribution >= 4 is 0 Å². The number of nitrogens with one attached hydrogen (secondary N) is 2. The van der Waals surface area contributed by atoms with E-state index in [0.29, 0.717) is 0 Å². The summed E-state index contributed by atoms with van der Waals surface area (Å²) < 4.78 is 0. The molecule has 0 atom stereocenters. The molecular formula is C32H34N4. The van der Waals surface area contributed by atoms with Gasteiger partial charge in [-0.2, -0.15) is 0 Å². The minimum Gasteiger partial charge on any atom is -0.338 e. The van der Waals surface area contributed by atoms with Crippen molar-refractivity contribution in [1.29, 1.82) is 0 Å². The van der Waals surface area contributed by atoms with Crippen molar-refractivity contribution in [1.82, 2.24) is 19.9 Å². The fraction of sp³-hybridized carbons (Fsp3) is 0.250. The maximum absolute atomic E-state index is 4.66. The molecule has 0 aliphatic heterocycles. The Morgan fingerprint density at radius 2 is 0.889 bits per heavy atom. The summed E-state index contributed by atoms with van der Waals surface area (Å²) in [7, 11) is 0. The third kappa shape index (κ3) is 4.90.